The fourth-order valence-electron chi connectivity index (χ4n) is 1.56. The Morgan fingerprint density at radius 3 is 2.12 bits per heavy atom. The maximum Gasteiger partial charge on any atom is 0.716 e. The van der Waals surface area contributed by atoms with E-state index in [2.05, 4.69) is 12.4 Å². The van der Waals surface area contributed by atoms with E-state index in [9.17, 15) is 4.57 Å². The van der Waals surface area contributed by atoms with Crippen LogP contribution in [0.1, 0.15) is 65.2 Å². The van der Waals surface area contributed by atoms with Crippen molar-refractivity contribution in [3.8, 4) is 0 Å². The first-order valence-electron chi connectivity index (χ1n) is 6.81. The Morgan fingerprint density at radius 1 is 0.941 bits per heavy atom. The smallest absolute Gasteiger partial charge is 0.149 e. The topological polar surface area (TPSA) is 47.6 Å². The van der Waals surface area contributed by atoms with Gasteiger partial charge in [0.15, 0.2) is 0 Å². The first kappa shape index (κ1) is 17.0. The molecule has 5 heteroatoms. The second-order valence-corrected chi connectivity index (χ2v) is 4.99. The van der Waals surface area contributed by atoms with Crippen LogP contribution in [0.3, 0.4) is 0 Å². The molecule has 0 aromatic rings. The zero-order valence-electron chi connectivity index (χ0n) is 11.2. The molecule has 0 rings (SSSR count). The number of rotatable bonds is 13. The zero-order valence-corrected chi connectivity index (χ0v) is 12.1. The molecule has 102 valence electrons. The van der Waals surface area contributed by atoms with E-state index in [1.54, 1.807) is 6.92 Å². The van der Waals surface area contributed by atoms with Crippen LogP contribution in [0, 0.1) is 0 Å². The van der Waals surface area contributed by atoms with Gasteiger partial charge in [0, 0.05) is 11.1 Å². The molecule has 4 nitrogen and oxygen atoms in total. The molecule has 0 aliphatic rings. The van der Waals surface area contributed by atoms with Crippen LogP contribution >= 0.6 is 8.25 Å². The SMILES string of the molecule is CCCCCCCCCCNO[P+](=O)OCC. The van der Waals surface area contributed by atoms with Gasteiger partial charge in [-0.2, -0.15) is 0 Å². The number of nitrogens with one attached hydrogen (secondary N) is 1. The molecule has 1 unspecified atom stereocenters. The summed E-state index contributed by atoms with van der Waals surface area (Å²) in [4.78, 5) is 0. The van der Waals surface area contributed by atoms with Crippen LogP contribution in [-0.2, 0) is 13.7 Å². The Labute approximate surface area is 106 Å². The highest BCUT2D eigenvalue weighted by atomic mass is 31.1. The Balaban J connectivity index is 3.01. The first-order valence-corrected chi connectivity index (χ1v) is 7.90. The molecular weight excluding hydrogens is 237 g/mol. The molecule has 0 heterocycles. The van der Waals surface area contributed by atoms with Gasteiger partial charge in [-0.25, -0.2) is 0 Å². The van der Waals surface area contributed by atoms with Crippen LogP contribution in [0.2, 0.25) is 0 Å². The van der Waals surface area contributed by atoms with Crippen molar-refractivity contribution in [2.24, 2.45) is 0 Å². The van der Waals surface area contributed by atoms with E-state index in [1.807, 2.05) is 0 Å². The largest absolute Gasteiger partial charge is 0.716 e. The van der Waals surface area contributed by atoms with Gasteiger partial charge in [0.2, 0.25) is 0 Å². The Hall–Kier alpha value is -0.0200. The van der Waals surface area contributed by atoms with E-state index in [0.29, 0.717) is 6.61 Å². The van der Waals surface area contributed by atoms with E-state index in [4.69, 9.17) is 9.15 Å². The quantitative estimate of drug-likeness (QED) is 0.305. The maximum absolute atomic E-state index is 10.9. The summed E-state index contributed by atoms with van der Waals surface area (Å²) in [6.07, 6.45) is 10.3. The van der Waals surface area contributed by atoms with Crippen molar-refractivity contribution >= 4 is 8.25 Å². The number of hydrogen-bond donors (Lipinski definition) is 1. The van der Waals surface area contributed by atoms with Crippen LogP contribution in [0.25, 0.3) is 0 Å². The predicted molar refractivity (Wildman–Crippen MR) is 70.9 cm³/mol. The van der Waals surface area contributed by atoms with Gasteiger partial charge in [0.25, 0.3) is 0 Å². The van der Waals surface area contributed by atoms with Gasteiger partial charge in [-0.1, -0.05) is 51.9 Å². The van der Waals surface area contributed by atoms with E-state index < -0.39 is 8.25 Å². The third kappa shape index (κ3) is 13.9. The van der Waals surface area contributed by atoms with Crippen molar-refractivity contribution in [2.75, 3.05) is 13.2 Å². The molecule has 0 aliphatic carbocycles. The molecule has 0 saturated heterocycles. The minimum atomic E-state index is -1.98. The lowest BCUT2D eigenvalue weighted by atomic mass is 10.1. The van der Waals surface area contributed by atoms with Gasteiger partial charge < -0.3 is 0 Å². The second-order valence-electron chi connectivity index (χ2n) is 4.10. The molecule has 0 aromatic carbocycles. The van der Waals surface area contributed by atoms with Gasteiger partial charge >= 0.3 is 8.25 Å². The molecule has 0 amide bonds. The lowest BCUT2D eigenvalue weighted by molar-refractivity contribution is 0.158. The molecule has 0 bridgehead atoms. The summed E-state index contributed by atoms with van der Waals surface area (Å²) >= 11 is 0. The van der Waals surface area contributed by atoms with Gasteiger partial charge in [0.1, 0.15) is 6.61 Å². The van der Waals surface area contributed by atoms with Crippen LogP contribution in [-0.4, -0.2) is 13.2 Å². The van der Waals surface area contributed by atoms with Crippen LogP contribution < -0.4 is 5.48 Å². The highest BCUT2D eigenvalue weighted by Crippen LogP contribution is 2.20. The summed E-state index contributed by atoms with van der Waals surface area (Å²) in [5, 5.41) is 0. The summed E-state index contributed by atoms with van der Waals surface area (Å²) in [6, 6.07) is 0. The van der Waals surface area contributed by atoms with Gasteiger partial charge in [-0.15, -0.1) is 10.0 Å². The number of unbranched alkanes of at least 4 members (excludes halogenated alkanes) is 7. The number of hydrogen-bond acceptors (Lipinski definition) is 4. The van der Waals surface area contributed by atoms with Crippen LogP contribution in [0.4, 0.5) is 0 Å². The molecule has 0 saturated carbocycles. The van der Waals surface area contributed by atoms with Crippen molar-refractivity contribution < 1.29 is 13.7 Å². The second kappa shape index (κ2) is 14.0. The summed E-state index contributed by atoms with van der Waals surface area (Å²) in [6.45, 7) is 5.17. The molecule has 1 N–H and O–H groups in total. The van der Waals surface area contributed by atoms with E-state index in [0.717, 1.165) is 13.0 Å². The Morgan fingerprint density at radius 2 is 1.53 bits per heavy atom. The highest BCUT2D eigenvalue weighted by Gasteiger charge is 2.18. The van der Waals surface area contributed by atoms with E-state index in [-0.39, 0.29) is 0 Å². The lowest BCUT2D eigenvalue weighted by Crippen LogP contribution is -2.12. The maximum atomic E-state index is 10.9. The third-order valence-electron chi connectivity index (χ3n) is 2.51. The molecule has 0 fully saturated rings. The van der Waals surface area contributed by atoms with Gasteiger partial charge in [-0.05, 0) is 18.0 Å². The van der Waals surface area contributed by atoms with E-state index >= 15 is 0 Å². The molecular formula is C12H27NO3P+. The monoisotopic (exact) mass is 264 g/mol. The average molecular weight is 264 g/mol. The molecule has 0 aromatic heterocycles. The van der Waals surface area contributed by atoms with Crippen LogP contribution in [0.15, 0.2) is 0 Å². The van der Waals surface area contributed by atoms with Crippen molar-refractivity contribution in [3.63, 3.8) is 0 Å². The summed E-state index contributed by atoms with van der Waals surface area (Å²) in [7, 11) is -1.98. The molecule has 0 radical (unpaired) electrons. The summed E-state index contributed by atoms with van der Waals surface area (Å²) in [5.41, 5.74) is 2.67. The summed E-state index contributed by atoms with van der Waals surface area (Å²) < 4.78 is 20.4. The molecule has 0 aliphatic heterocycles. The van der Waals surface area contributed by atoms with Gasteiger partial charge in [0.05, 0.1) is 0 Å². The highest BCUT2D eigenvalue weighted by molar-refractivity contribution is 7.33. The third-order valence-corrected chi connectivity index (χ3v) is 3.25. The minimum Gasteiger partial charge on any atom is -0.149 e. The van der Waals surface area contributed by atoms with Crippen LogP contribution in [0.5, 0.6) is 0 Å². The van der Waals surface area contributed by atoms with E-state index in [1.165, 1.54) is 44.9 Å². The zero-order chi connectivity index (χ0) is 12.8. The lowest BCUT2D eigenvalue weighted by Gasteiger charge is -2.00. The predicted octanol–water partition coefficient (Wildman–Crippen LogP) is 4.34. The molecule has 17 heavy (non-hydrogen) atoms. The normalized spacial score (nSPS) is 11.8. The fourth-order valence-corrected chi connectivity index (χ4v) is 2.02. The molecule has 0 spiro atoms. The first-order chi connectivity index (χ1) is 8.31. The Kier molecular flexibility index (Phi) is 14.0. The van der Waals surface area contributed by atoms with Crippen molar-refractivity contribution in [1.29, 1.82) is 0 Å². The Bertz CT molecular complexity index is 179. The van der Waals surface area contributed by atoms with Crippen molar-refractivity contribution in [3.05, 3.63) is 0 Å². The molecule has 1 atom stereocenters. The van der Waals surface area contributed by atoms with Gasteiger partial charge in [-0.3, -0.25) is 0 Å². The fraction of sp³-hybridized carbons (Fsp3) is 1.00. The number of hydroxylamine groups is 1. The summed E-state index contributed by atoms with van der Waals surface area (Å²) in [5.74, 6) is 0. The van der Waals surface area contributed by atoms with Crippen molar-refractivity contribution in [2.45, 2.75) is 65.2 Å². The standard InChI is InChI=1S/C12H27NO3P/c1-3-5-6-7-8-9-10-11-12-13-16-17(14)15-4-2/h13H,3-12H2,1-2H3/q+1. The minimum absolute atomic E-state index is 0.411. The average Bonchev–Trinajstić information content (AvgIpc) is 2.32. The van der Waals surface area contributed by atoms with Crippen molar-refractivity contribution in [1.82, 2.24) is 5.48 Å².